The summed E-state index contributed by atoms with van der Waals surface area (Å²) in [6.45, 7) is 1.80. The predicted octanol–water partition coefficient (Wildman–Crippen LogP) is 2.37. The zero-order chi connectivity index (χ0) is 15.0. The highest BCUT2D eigenvalue weighted by molar-refractivity contribution is 5.85. The minimum Gasteiger partial charge on any atom is -0.479 e. The van der Waals surface area contributed by atoms with Gasteiger partial charge in [-0.05, 0) is 18.9 Å². The first-order valence-electron chi connectivity index (χ1n) is 6.28. The molecule has 0 aliphatic heterocycles. The second kappa shape index (κ2) is 7.33. The Bertz CT molecular complexity index is 484. The van der Waals surface area contributed by atoms with Crippen molar-refractivity contribution in [2.45, 2.75) is 25.3 Å². The molecule has 1 atom stereocenters. The number of aliphatic carboxylic acids is 1. The molecule has 20 heavy (non-hydrogen) atoms. The summed E-state index contributed by atoms with van der Waals surface area (Å²) >= 11 is 0. The number of carbonyl (C=O) groups is 2. The van der Waals surface area contributed by atoms with Crippen LogP contribution in [0.4, 0.5) is 4.79 Å². The van der Waals surface area contributed by atoms with E-state index in [1.165, 1.54) is 7.11 Å². The molecule has 1 rings (SSSR count). The Morgan fingerprint density at radius 3 is 2.50 bits per heavy atom. The van der Waals surface area contributed by atoms with Gasteiger partial charge in [0.15, 0.2) is 0 Å². The van der Waals surface area contributed by atoms with Crippen LogP contribution in [-0.4, -0.2) is 29.8 Å². The first kappa shape index (κ1) is 15.8. The number of carbonyl (C=O) groups excluding carboxylic acids is 1. The van der Waals surface area contributed by atoms with Crippen LogP contribution in [0.15, 0.2) is 42.5 Å². The standard InChI is InChI=1S/C15H19NO4/c1-3-4-10-15(13(17)18,16-14(19)20-2)11-12-8-6-5-7-9-12/h3-9H,10-11H2,1-2H3,(H,16,19)(H,17,18). The lowest BCUT2D eigenvalue weighted by Crippen LogP contribution is -2.55. The fourth-order valence-corrected chi connectivity index (χ4v) is 1.89. The van der Waals surface area contributed by atoms with Gasteiger partial charge in [-0.3, -0.25) is 0 Å². The molecule has 1 aromatic carbocycles. The zero-order valence-electron chi connectivity index (χ0n) is 11.6. The summed E-state index contributed by atoms with van der Waals surface area (Å²) in [5.74, 6) is -1.09. The summed E-state index contributed by atoms with van der Waals surface area (Å²) in [5, 5.41) is 12.0. The van der Waals surface area contributed by atoms with Gasteiger partial charge in [0.05, 0.1) is 7.11 Å². The van der Waals surface area contributed by atoms with Gasteiger partial charge in [0.25, 0.3) is 0 Å². The smallest absolute Gasteiger partial charge is 0.407 e. The largest absolute Gasteiger partial charge is 0.479 e. The molecule has 0 heterocycles. The van der Waals surface area contributed by atoms with Crippen molar-refractivity contribution in [1.82, 2.24) is 5.32 Å². The molecule has 0 bridgehead atoms. The number of carboxylic acids is 1. The van der Waals surface area contributed by atoms with Gasteiger partial charge >= 0.3 is 12.1 Å². The van der Waals surface area contributed by atoms with Crippen LogP contribution in [0, 0.1) is 0 Å². The Kier molecular flexibility index (Phi) is 5.77. The lowest BCUT2D eigenvalue weighted by Gasteiger charge is -2.29. The Labute approximate surface area is 118 Å². The molecule has 5 nitrogen and oxygen atoms in total. The Morgan fingerprint density at radius 2 is 2.00 bits per heavy atom. The van der Waals surface area contributed by atoms with E-state index in [0.29, 0.717) is 0 Å². The van der Waals surface area contributed by atoms with Crippen LogP contribution in [-0.2, 0) is 16.0 Å². The molecule has 0 spiro atoms. The highest BCUT2D eigenvalue weighted by atomic mass is 16.5. The maximum atomic E-state index is 11.7. The van der Waals surface area contributed by atoms with Crippen molar-refractivity contribution in [3.05, 3.63) is 48.0 Å². The molecule has 0 aliphatic carbocycles. The van der Waals surface area contributed by atoms with Crippen LogP contribution in [0.2, 0.25) is 0 Å². The van der Waals surface area contributed by atoms with E-state index < -0.39 is 17.6 Å². The summed E-state index contributed by atoms with van der Waals surface area (Å²) in [4.78, 5) is 23.1. The van der Waals surface area contributed by atoms with E-state index in [1.807, 2.05) is 30.3 Å². The molecule has 5 heteroatoms. The molecular weight excluding hydrogens is 258 g/mol. The molecule has 0 aliphatic rings. The van der Waals surface area contributed by atoms with E-state index in [0.717, 1.165) is 5.56 Å². The predicted molar refractivity (Wildman–Crippen MR) is 75.5 cm³/mol. The zero-order valence-corrected chi connectivity index (χ0v) is 11.6. The number of hydrogen-bond acceptors (Lipinski definition) is 3. The third-order valence-electron chi connectivity index (χ3n) is 2.99. The van der Waals surface area contributed by atoms with Crippen molar-refractivity contribution < 1.29 is 19.4 Å². The SMILES string of the molecule is CC=CCC(Cc1ccccc1)(NC(=O)OC)C(=O)O. The number of rotatable bonds is 6. The molecule has 0 fully saturated rings. The Morgan fingerprint density at radius 1 is 1.35 bits per heavy atom. The van der Waals surface area contributed by atoms with Crippen molar-refractivity contribution in [3.63, 3.8) is 0 Å². The van der Waals surface area contributed by atoms with Gasteiger partial charge in [-0.25, -0.2) is 9.59 Å². The van der Waals surface area contributed by atoms with E-state index in [4.69, 9.17) is 0 Å². The number of amides is 1. The second-order valence-corrected chi connectivity index (χ2v) is 4.44. The van der Waals surface area contributed by atoms with Crippen molar-refractivity contribution in [2.75, 3.05) is 7.11 Å². The normalized spacial score (nSPS) is 13.7. The van der Waals surface area contributed by atoms with Crippen molar-refractivity contribution in [3.8, 4) is 0 Å². The molecule has 0 radical (unpaired) electrons. The molecular formula is C15H19NO4. The Balaban J connectivity index is 3.08. The number of ether oxygens (including phenoxy) is 1. The van der Waals surface area contributed by atoms with Crippen molar-refractivity contribution in [1.29, 1.82) is 0 Å². The van der Waals surface area contributed by atoms with E-state index in [9.17, 15) is 14.7 Å². The summed E-state index contributed by atoms with van der Waals surface area (Å²) in [6, 6.07) is 9.16. The number of allylic oxidation sites excluding steroid dienone is 1. The van der Waals surface area contributed by atoms with E-state index >= 15 is 0 Å². The van der Waals surface area contributed by atoms with Gasteiger partial charge in [-0.15, -0.1) is 0 Å². The summed E-state index contributed by atoms with van der Waals surface area (Å²) in [7, 11) is 1.21. The topological polar surface area (TPSA) is 75.6 Å². The summed E-state index contributed by atoms with van der Waals surface area (Å²) in [6.07, 6.45) is 3.08. The van der Waals surface area contributed by atoms with Crippen molar-refractivity contribution >= 4 is 12.1 Å². The molecule has 1 amide bonds. The fraction of sp³-hybridized carbons (Fsp3) is 0.333. The summed E-state index contributed by atoms with van der Waals surface area (Å²) < 4.78 is 4.54. The lowest BCUT2D eigenvalue weighted by molar-refractivity contribution is -0.144. The number of hydrogen-bond donors (Lipinski definition) is 2. The van der Waals surface area contributed by atoms with Crippen molar-refractivity contribution in [2.24, 2.45) is 0 Å². The number of nitrogens with one attached hydrogen (secondary N) is 1. The van der Waals surface area contributed by atoms with Gasteiger partial charge in [0.1, 0.15) is 5.54 Å². The molecule has 1 aromatic rings. The highest BCUT2D eigenvalue weighted by Gasteiger charge is 2.39. The van der Waals surface area contributed by atoms with Gasteiger partial charge < -0.3 is 15.2 Å². The van der Waals surface area contributed by atoms with Crippen LogP contribution in [0.3, 0.4) is 0 Å². The number of alkyl carbamates (subject to hydrolysis) is 1. The second-order valence-electron chi connectivity index (χ2n) is 4.44. The average molecular weight is 277 g/mol. The molecule has 0 aromatic heterocycles. The summed E-state index contributed by atoms with van der Waals surface area (Å²) in [5.41, 5.74) is -0.586. The Hall–Kier alpha value is -2.30. The highest BCUT2D eigenvalue weighted by Crippen LogP contribution is 2.19. The van der Waals surface area contributed by atoms with Crippen LogP contribution < -0.4 is 5.32 Å². The van der Waals surface area contributed by atoms with Gasteiger partial charge in [-0.2, -0.15) is 0 Å². The number of carboxylic acid groups (broad SMARTS) is 1. The van der Waals surface area contributed by atoms with Crippen LogP contribution in [0.5, 0.6) is 0 Å². The van der Waals surface area contributed by atoms with Gasteiger partial charge in [0.2, 0.25) is 0 Å². The molecule has 108 valence electrons. The third kappa shape index (κ3) is 4.12. The molecule has 2 N–H and O–H groups in total. The van der Waals surface area contributed by atoms with Crippen LogP contribution in [0.1, 0.15) is 18.9 Å². The fourth-order valence-electron chi connectivity index (χ4n) is 1.89. The van der Waals surface area contributed by atoms with E-state index in [1.54, 1.807) is 19.1 Å². The molecule has 0 saturated heterocycles. The third-order valence-corrected chi connectivity index (χ3v) is 2.99. The minimum atomic E-state index is -1.42. The number of methoxy groups -OCH3 is 1. The van der Waals surface area contributed by atoms with Crippen LogP contribution >= 0.6 is 0 Å². The monoisotopic (exact) mass is 277 g/mol. The van der Waals surface area contributed by atoms with Crippen LogP contribution in [0.25, 0.3) is 0 Å². The lowest BCUT2D eigenvalue weighted by atomic mass is 9.87. The quantitative estimate of drug-likeness (QED) is 0.783. The maximum absolute atomic E-state index is 11.7. The van der Waals surface area contributed by atoms with E-state index in [2.05, 4.69) is 10.1 Å². The average Bonchev–Trinajstić information content (AvgIpc) is 2.45. The first-order valence-corrected chi connectivity index (χ1v) is 6.28. The van der Waals surface area contributed by atoms with Gasteiger partial charge in [0, 0.05) is 6.42 Å². The first-order chi connectivity index (χ1) is 9.54. The maximum Gasteiger partial charge on any atom is 0.407 e. The van der Waals surface area contributed by atoms with Gasteiger partial charge in [-0.1, -0.05) is 42.5 Å². The molecule has 1 unspecified atom stereocenters. The molecule has 0 saturated carbocycles. The minimum absolute atomic E-state index is 0.183. The van der Waals surface area contributed by atoms with E-state index in [-0.39, 0.29) is 12.8 Å². The number of benzene rings is 1.